The van der Waals surface area contributed by atoms with Crippen molar-refractivity contribution in [3.05, 3.63) is 53.1 Å². The number of nitrogens with one attached hydrogen (secondary N) is 1. The molecule has 2 rings (SSSR count). The molecule has 0 aliphatic carbocycles. The summed E-state index contributed by atoms with van der Waals surface area (Å²) in [4.78, 5) is 0.0697. The lowest BCUT2D eigenvalue weighted by Crippen LogP contribution is -2.12. The summed E-state index contributed by atoms with van der Waals surface area (Å²) in [6, 6.07) is 11.8. The van der Waals surface area contributed by atoms with Gasteiger partial charge in [-0.3, -0.25) is 0 Å². The number of primary sulfonamides is 1. The molecule has 0 saturated heterocycles. The summed E-state index contributed by atoms with van der Waals surface area (Å²) in [5.41, 5.74) is 1.61. The molecule has 2 aromatic rings. The molecule has 3 N–H and O–H groups in total. The number of nitrogens with two attached hydrogens (primary N) is 1. The van der Waals surface area contributed by atoms with Crippen molar-refractivity contribution in [1.82, 2.24) is 0 Å². The van der Waals surface area contributed by atoms with Crippen LogP contribution in [0.3, 0.4) is 0 Å². The minimum absolute atomic E-state index is 0.0697. The lowest BCUT2D eigenvalue weighted by atomic mass is 10.2. The van der Waals surface area contributed by atoms with E-state index in [-0.39, 0.29) is 4.90 Å². The minimum Gasteiger partial charge on any atom is -0.495 e. The Hall–Kier alpha value is -1.76. The highest BCUT2D eigenvalue weighted by atomic mass is 35.5. The van der Waals surface area contributed by atoms with Crippen LogP contribution in [0.1, 0.15) is 5.56 Å². The van der Waals surface area contributed by atoms with Gasteiger partial charge in [0, 0.05) is 12.2 Å². The van der Waals surface area contributed by atoms with Crippen LogP contribution in [0.4, 0.5) is 5.69 Å². The predicted molar refractivity (Wildman–Crippen MR) is 83.1 cm³/mol. The average molecular weight is 327 g/mol. The fraction of sp³-hybridized carbons (Fsp3) is 0.143. The largest absolute Gasteiger partial charge is 0.495 e. The number of hydrogen-bond acceptors (Lipinski definition) is 4. The molecule has 0 spiro atoms. The van der Waals surface area contributed by atoms with E-state index >= 15 is 0 Å². The number of methoxy groups -OCH3 is 1. The summed E-state index contributed by atoms with van der Waals surface area (Å²) in [6.07, 6.45) is 0. The van der Waals surface area contributed by atoms with E-state index in [0.717, 1.165) is 5.56 Å². The molecule has 0 heterocycles. The highest BCUT2D eigenvalue weighted by molar-refractivity contribution is 7.89. The monoisotopic (exact) mass is 326 g/mol. The molecular weight excluding hydrogens is 312 g/mol. The molecule has 7 heteroatoms. The molecule has 0 fully saturated rings. The minimum atomic E-state index is -3.70. The maximum atomic E-state index is 11.3. The van der Waals surface area contributed by atoms with Crippen LogP contribution in [0, 0.1) is 0 Å². The van der Waals surface area contributed by atoms with Crippen LogP contribution < -0.4 is 15.2 Å². The fourth-order valence-electron chi connectivity index (χ4n) is 1.81. The van der Waals surface area contributed by atoms with Gasteiger partial charge in [0.25, 0.3) is 0 Å². The third-order valence-corrected chi connectivity index (χ3v) is 4.08. The maximum Gasteiger partial charge on any atom is 0.238 e. The molecule has 21 heavy (non-hydrogen) atoms. The van der Waals surface area contributed by atoms with Crippen molar-refractivity contribution < 1.29 is 13.2 Å². The number of anilines is 1. The number of rotatable bonds is 5. The van der Waals surface area contributed by atoms with E-state index in [4.69, 9.17) is 21.5 Å². The summed E-state index contributed by atoms with van der Waals surface area (Å²) in [6.45, 7) is 0.498. The van der Waals surface area contributed by atoms with Crippen LogP contribution in [0.25, 0.3) is 0 Å². The second-order valence-electron chi connectivity index (χ2n) is 4.40. The van der Waals surface area contributed by atoms with Gasteiger partial charge in [0.05, 0.1) is 17.0 Å². The molecule has 0 radical (unpaired) electrons. The first-order chi connectivity index (χ1) is 9.90. The molecule has 0 aliphatic rings. The van der Waals surface area contributed by atoms with Crippen molar-refractivity contribution in [3.8, 4) is 5.75 Å². The topological polar surface area (TPSA) is 81.4 Å². The Morgan fingerprint density at radius 2 is 2.00 bits per heavy atom. The first-order valence-corrected chi connectivity index (χ1v) is 8.02. The van der Waals surface area contributed by atoms with Crippen molar-refractivity contribution in [1.29, 1.82) is 0 Å². The van der Waals surface area contributed by atoms with E-state index < -0.39 is 10.0 Å². The van der Waals surface area contributed by atoms with Crippen LogP contribution in [-0.2, 0) is 16.6 Å². The highest BCUT2D eigenvalue weighted by Gasteiger charge is 2.08. The Morgan fingerprint density at radius 3 is 2.62 bits per heavy atom. The third-order valence-electron chi connectivity index (χ3n) is 2.88. The smallest absolute Gasteiger partial charge is 0.238 e. The van der Waals surface area contributed by atoms with Crippen molar-refractivity contribution >= 4 is 27.3 Å². The van der Waals surface area contributed by atoms with Gasteiger partial charge in [-0.15, -0.1) is 0 Å². The molecule has 2 aromatic carbocycles. The van der Waals surface area contributed by atoms with Gasteiger partial charge in [-0.1, -0.05) is 23.7 Å². The average Bonchev–Trinajstić information content (AvgIpc) is 2.45. The Balaban J connectivity index is 2.11. The molecule has 0 saturated carbocycles. The molecule has 0 bridgehead atoms. The molecule has 0 amide bonds. The Labute approximate surface area is 128 Å². The van der Waals surface area contributed by atoms with Crippen molar-refractivity contribution in [3.63, 3.8) is 0 Å². The number of hydrogen-bond donors (Lipinski definition) is 2. The number of sulfonamides is 1. The van der Waals surface area contributed by atoms with Gasteiger partial charge >= 0.3 is 0 Å². The van der Waals surface area contributed by atoms with Gasteiger partial charge in [-0.2, -0.15) is 0 Å². The van der Waals surface area contributed by atoms with Crippen LogP contribution in [0.2, 0.25) is 5.02 Å². The molecule has 0 unspecified atom stereocenters. The molecule has 0 aromatic heterocycles. The molecule has 5 nitrogen and oxygen atoms in total. The predicted octanol–water partition coefficient (Wildman–Crippen LogP) is 2.61. The van der Waals surface area contributed by atoms with E-state index in [1.807, 2.05) is 6.07 Å². The molecule has 0 atom stereocenters. The lowest BCUT2D eigenvalue weighted by Gasteiger charge is -2.09. The summed E-state index contributed by atoms with van der Waals surface area (Å²) in [5, 5.41) is 8.74. The zero-order chi connectivity index (χ0) is 15.5. The number of halogens is 1. The van der Waals surface area contributed by atoms with Gasteiger partial charge < -0.3 is 10.1 Å². The molecule has 0 aliphatic heterocycles. The number of benzene rings is 2. The summed E-state index contributed by atoms with van der Waals surface area (Å²) >= 11 is 6.05. The zero-order valence-corrected chi connectivity index (χ0v) is 12.9. The zero-order valence-electron chi connectivity index (χ0n) is 11.3. The van der Waals surface area contributed by atoms with Gasteiger partial charge in [-0.05, 0) is 35.9 Å². The van der Waals surface area contributed by atoms with Crippen LogP contribution >= 0.6 is 11.6 Å². The van der Waals surface area contributed by atoms with Crippen molar-refractivity contribution in [2.45, 2.75) is 11.4 Å². The highest BCUT2D eigenvalue weighted by Crippen LogP contribution is 2.25. The first kappa shape index (κ1) is 15.6. The summed E-state index contributed by atoms with van der Waals surface area (Å²) < 4.78 is 27.7. The second-order valence-corrected chi connectivity index (χ2v) is 6.36. The molecular formula is C14H15ClN2O3S. The number of ether oxygens (including phenoxy) is 1. The lowest BCUT2D eigenvalue weighted by molar-refractivity contribution is 0.415. The van der Waals surface area contributed by atoms with Crippen molar-refractivity contribution in [2.75, 3.05) is 12.4 Å². The van der Waals surface area contributed by atoms with E-state index in [0.29, 0.717) is 23.0 Å². The van der Waals surface area contributed by atoms with E-state index in [9.17, 15) is 8.42 Å². The standard InChI is InChI=1S/C14H15ClN2O3S/c1-20-14-6-5-10(7-13(14)15)9-17-11-3-2-4-12(8-11)21(16,18)19/h2-8,17H,9H2,1H3,(H2,16,18,19). The Kier molecular flexibility index (Phi) is 4.72. The van der Waals surface area contributed by atoms with Gasteiger partial charge in [0.15, 0.2) is 0 Å². The molecule has 112 valence electrons. The normalized spacial score (nSPS) is 11.2. The van der Waals surface area contributed by atoms with Gasteiger partial charge in [0.2, 0.25) is 10.0 Å². The maximum absolute atomic E-state index is 11.3. The third kappa shape index (κ3) is 4.10. The van der Waals surface area contributed by atoms with Crippen LogP contribution in [-0.4, -0.2) is 15.5 Å². The van der Waals surface area contributed by atoms with Gasteiger partial charge in [0.1, 0.15) is 5.75 Å². The van der Waals surface area contributed by atoms with Crippen LogP contribution in [0.15, 0.2) is 47.4 Å². The van der Waals surface area contributed by atoms with E-state index in [1.165, 1.54) is 12.1 Å². The SMILES string of the molecule is COc1ccc(CNc2cccc(S(N)(=O)=O)c2)cc1Cl. The van der Waals surface area contributed by atoms with Gasteiger partial charge in [-0.25, -0.2) is 13.6 Å². The first-order valence-electron chi connectivity index (χ1n) is 6.09. The summed E-state index contributed by atoms with van der Waals surface area (Å²) in [5.74, 6) is 0.608. The van der Waals surface area contributed by atoms with Crippen molar-refractivity contribution in [2.24, 2.45) is 5.14 Å². The summed E-state index contributed by atoms with van der Waals surface area (Å²) in [7, 11) is -2.15. The second kappa shape index (κ2) is 6.34. The van der Waals surface area contributed by atoms with Crippen LogP contribution in [0.5, 0.6) is 5.75 Å². The van der Waals surface area contributed by atoms with E-state index in [2.05, 4.69) is 5.32 Å². The Morgan fingerprint density at radius 1 is 1.24 bits per heavy atom. The quantitative estimate of drug-likeness (QED) is 0.885. The van der Waals surface area contributed by atoms with E-state index in [1.54, 1.807) is 31.4 Å². The Bertz CT molecular complexity index is 748. The fourth-order valence-corrected chi connectivity index (χ4v) is 2.65.